The first-order valence-electron chi connectivity index (χ1n) is 9.52. The zero-order valence-electron chi connectivity index (χ0n) is 18.2. The van der Waals surface area contributed by atoms with E-state index in [1.807, 2.05) is 0 Å². The summed E-state index contributed by atoms with van der Waals surface area (Å²) in [7, 11) is 4.44. The number of hydrogen-bond donors (Lipinski definition) is 0. The summed E-state index contributed by atoms with van der Waals surface area (Å²) in [5.74, 6) is -0.408. The highest BCUT2D eigenvalue weighted by atomic mass is 32.5. The van der Waals surface area contributed by atoms with Crippen molar-refractivity contribution in [3.8, 4) is 0 Å². The lowest BCUT2D eigenvalue weighted by atomic mass is 10.3. The van der Waals surface area contributed by atoms with E-state index < -0.39 is 30.2 Å². The second-order valence-electron chi connectivity index (χ2n) is 6.43. The average molecular weight is 503 g/mol. The summed E-state index contributed by atoms with van der Waals surface area (Å²) >= 11 is 4.69. The Morgan fingerprint density at radius 3 is 2.17 bits per heavy atom. The molecule has 14 heteroatoms. The molecule has 0 aromatic rings. The topological polar surface area (TPSA) is 107 Å². The maximum Gasteiger partial charge on any atom is 0.479 e. The average Bonchev–Trinajstić information content (AvgIpc) is 3.21. The van der Waals surface area contributed by atoms with Crippen LogP contribution in [0.2, 0.25) is 0 Å². The van der Waals surface area contributed by atoms with E-state index in [1.165, 1.54) is 16.0 Å². The SMILES string of the molecule is CCOP(=S)(OCC)N(C1CCCC1)[S+]([O-])N(C)C(=O)ON=C(SC)C(=O)N(C)C. The minimum atomic E-state index is -3.08. The molecule has 1 aliphatic rings. The summed E-state index contributed by atoms with van der Waals surface area (Å²) in [5.41, 5.74) is 0. The van der Waals surface area contributed by atoms with Crippen molar-refractivity contribution in [2.45, 2.75) is 45.6 Å². The number of rotatable bonds is 9. The Kier molecular flexibility index (Phi) is 12.2. The zero-order valence-corrected chi connectivity index (χ0v) is 21.6. The largest absolute Gasteiger partial charge is 0.573 e. The lowest BCUT2D eigenvalue weighted by Crippen LogP contribution is -2.47. The van der Waals surface area contributed by atoms with E-state index in [-0.39, 0.29) is 11.1 Å². The van der Waals surface area contributed by atoms with Crippen LogP contribution in [0.5, 0.6) is 0 Å². The van der Waals surface area contributed by atoms with E-state index in [4.69, 9.17) is 25.7 Å². The minimum Gasteiger partial charge on any atom is -0.573 e. The van der Waals surface area contributed by atoms with Crippen LogP contribution in [0, 0.1) is 0 Å². The number of amides is 2. The zero-order chi connectivity index (χ0) is 22.9. The monoisotopic (exact) mass is 502 g/mol. The van der Waals surface area contributed by atoms with Crippen molar-refractivity contribution < 1.29 is 28.0 Å². The summed E-state index contributed by atoms with van der Waals surface area (Å²) in [5, 5.41) is 3.62. The Bertz CT molecular complexity index is 653. The summed E-state index contributed by atoms with van der Waals surface area (Å²) in [6.45, 7) is 1.07. The van der Waals surface area contributed by atoms with Gasteiger partial charge in [-0.3, -0.25) is 9.63 Å². The third-order valence-electron chi connectivity index (χ3n) is 4.10. The van der Waals surface area contributed by atoms with E-state index in [1.54, 1.807) is 34.2 Å². The fourth-order valence-electron chi connectivity index (χ4n) is 2.70. The molecule has 0 N–H and O–H groups in total. The summed E-state index contributed by atoms with van der Waals surface area (Å²) in [4.78, 5) is 30.7. The highest BCUT2D eigenvalue weighted by Crippen LogP contribution is 2.57. The van der Waals surface area contributed by atoms with Crippen molar-refractivity contribution in [3.63, 3.8) is 0 Å². The van der Waals surface area contributed by atoms with Gasteiger partial charge in [0.05, 0.1) is 26.3 Å². The molecular formula is C16H31N4O6PS3. The predicted octanol–water partition coefficient (Wildman–Crippen LogP) is 2.94. The quantitative estimate of drug-likeness (QED) is 0.117. The summed E-state index contributed by atoms with van der Waals surface area (Å²) < 4.78 is 27.2. The number of carbonyl (C=O) groups excluding carboxylic acids is 2. The van der Waals surface area contributed by atoms with Gasteiger partial charge in [-0.1, -0.05) is 18.0 Å². The van der Waals surface area contributed by atoms with E-state index >= 15 is 0 Å². The Hall–Kier alpha value is -0.400. The molecule has 1 atom stereocenters. The molecule has 0 radical (unpaired) electrons. The molecule has 1 aliphatic carbocycles. The summed E-state index contributed by atoms with van der Waals surface area (Å²) in [6, 6.07) is -0.134. The Morgan fingerprint density at radius 1 is 1.20 bits per heavy atom. The summed E-state index contributed by atoms with van der Waals surface area (Å²) in [6.07, 6.45) is 4.14. The van der Waals surface area contributed by atoms with Crippen LogP contribution in [-0.4, -0.2) is 81.5 Å². The van der Waals surface area contributed by atoms with Crippen LogP contribution < -0.4 is 0 Å². The highest BCUT2D eigenvalue weighted by molar-refractivity contribution is 8.15. The molecule has 1 fully saturated rings. The minimum absolute atomic E-state index is 0.00562. The van der Waals surface area contributed by atoms with E-state index in [2.05, 4.69) is 5.16 Å². The molecule has 0 spiro atoms. The van der Waals surface area contributed by atoms with Gasteiger partial charge in [0.1, 0.15) is 0 Å². The van der Waals surface area contributed by atoms with Crippen LogP contribution >= 0.6 is 18.4 Å². The fraction of sp³-hybridized carbons (Fsp3) is 0.812. The Labute approximate surface area is 191 Å². The molecule has 1 unspecified atom stereocenters. The van der Waals surface area contributed by atoms with Crippen molar-refractivity contribution in [1.82, 2.24) is 13.3 Å². The third kappa shape index (κ3) is 7.33. The van der Waals surface area contributed by atoms with Crippen molar-refractivity contribution in [2.75, 3.05) is 40.6 Å². The standard InChI is InChI=1S/C16H31N4O6PS3/c1-7-24-27(28,25-8-2)20(13-11-9-10-12-13)30(23)19(5)16(22)26-17-14(29-6)15(21)18(3)4/h13H,7-12H2,1-6H3. The van der Waals surface area contributed by atoms with Crippen LogP contribution in [0.1, 0.15) is 39.5 Å². The number of thioether (sulfide) groups is 1. The molecule has 1 rings (SSSR count). The molecule has 0 aromatic heterocycles. The fourth-order valence-corrected chi connectivity index (χ4v) is 8.47. The maximum absolute atomic E-state index is 13.4. The maximum atomic E-state index is 13.4. The molecular weight excluding hydrogens is 471 g/mol. The van der Waals surface area contributed by atoms with Gasteiger partial charge < -0.3 is 18.5 Å². The first-order valence-corrected chi connectivity index (χ1v) is 14.4. The van der Waals surface area contributed by atoms with Crippen LogP contribution in [0.3, 0.4) is 0 Å². The van der Waals surface area contributed by atoms with Crippen molar-refractivity contribution in [3.05, 3.63) is 0 Å². The van der Waals surface area contributed by atoms with Gasteiger partial charge in [-0.15, -0.1) is 16.1 Å². The first-order chi connectivity index (χ1) is 14.1. The van der Waals surface area contributed by atoms with Gasteiger partial charge in [0.2, 0.25) is 5.04 Å². The van der Waals surface area contributed by atoms with Crippen molar-refractivity contribution in [2.24, 2.45) is 5.16 Å². The van der Waals surface area contributed by atoms with Gasteiger partial charge in [0.25, 0.3) is 5.91 Å². The highest BCUT2D eigenvalue weighted by Gasteiger charge is 2.48. The van der Waals surface area contributed by atoms with Crippen molar-refractivity contribution in [1.29, 1.82) is 0 Å². The molecule has 0 saturated heterocycles. The van der Waals surface area contributed by atoms with E-state index in [0.29, 0.717) is 13.2 Å². The Balaban J connectivity index is 3.07. The molecule has 174 valence electrons. The lowest BCUT2D eigenvalue weighted by Gasteiger charge is -2.36. The molecule has 2 amide bonds. The molecule has 10 nitrogen and oxygen atoms in total. The van der Waals surface area contributed by atoms with Gasteiger partial charge in [0, 0.05) is 14.1 Å². The van der Waals surface area contributed by atoms with Gasteiger partial charge in [-0.05, 0) is 48.8 Å². The van der Waals surface area contributed by atoms with Gasteiger partial charge in [-0.25, -0.2) is 4.79 Å². The van der Waals surface area contributed by atoms with E-state index in [9.17, 15) is 14.1 Å². The Morgan fingerprint density at radius 2 is 1.73 bits per heavy atom. The van der Waals surface area contributed by atoms with Gasteiger partial charge in [0.15, 0.2) is 11.5 Å². The first kappa shape index (κ1) is 27.6. The smallest absolute Gasteiger partial charge is 0.479 e. The predicted molar refractivity (Wildman–Crippen MR) is 124 cm³/mol. The van der Waals surface area contributed by atoms with Crippen molar-refractivity contribution >= 4 is 58.8 Å². The van der Waals surface area contributed by atoms with E-state index in [0.717, 1.165) is 41.8 Å². The number of carbonyl (C=O) groups is 2. The lowest BCUT2D eigenvalue weighted by molar-refractivity contribution is -0.121. The van der Waals surface area contributed by atoms with Crippen LogP contribution in [0.4, 0.5) is 4.79 Å². The molecule has 0 heterocycles. The molecule has 1 saturated carbocycles. The van der Waals surface area contributed by atoms with Gasteiger partial charge in [-0.2, -0.15) is 0 Å². The van der Waals surface area contributed by atoms with Crippen LogP contribution in [-0.2, 0) is 42.0 Å². The second-order valence-corrected chi connectivity index (χ2v) is 12.2. The molecule has 0 aromatic carbocycles. The molecule has 0 aliphatic heterocycles. The van der Waals surface area contributed by atoms with Crippen LogP contribution in [0.25, 0.3) is 0 Å². The molecule has 0 bridgehead atoms. The number of hydrogen-bond acceptors (Lipinski definition) is 9. The number of nitrogens with zero attached hydrogens (tertiary/aromatic N) is 4. The third-order valence-corrected chi connectivity index (χ3v) is 10.5. The number of oxime groups is 1. The van der Waals surface area contributed by atoms with Gasteiger partial charge >= 0.3 is 12.7 Å². The molecule has 30 heavy (non-hydrogen) atoms. The van der Waals surface area contributed by atoms with Crippen LogP contribution in [0.15, 0.2) is 5.16 Å². The normalized spacial score (nSPS) is 16.6. The second kappa shape index (κ2) is 13.2.